The molecule has 0 aliphatic carbocycles. The van der Waals surface area contributed by atoms with Gasteiger partial charge in [-0.2, -0.15) is 5.10 Å². The Morgan fingerprint density at radius 3 is 2.28 bits per heavy atom. The van der Waals surface area contributed by atoms with Gasteiger partial charge < -0.3 is 5.32 Å². The molecule has 1 N–H and O–H groups in total. The van der Waals surface area contributed by atoms with E-state index in [1.54, 1.807) is 0 Å². The highest BCUT2D eigenvalue weighted by atomic mass is 35.5. The quantitative estimate of drug-likeness (QED) is 0.824. The zero-order valence-electron chi connectivity index (χ0n) is 12.3. The van der Waals surface area contributed by atoms with Crippen molar-refractivity contribution in [3.8, 4) is 0 Å². The highest BCUT2D eigenvalue weighted by molar-refractivity contribution is 6.31. The third-order valence-corrected chi connectivity index (χ3v) is 4.25. The smallest absolute Gasteiger partial charge is 0.0847 e. The summed E-state index contributed by atoms with van der Waals surface area (Å²) in [7, 11) is 1.98. The molecular formula is C14H26ClN3. The molecule has 0 fully saturated rings. The second kappa shape index (κ2) is 7.15. The van der Waals surface area contributed by atoms with Crippen LogP contribution in [0, 0.1) is 12.8 Å². The minimum atomic E-state index is 0.484. The van der Waals surface area contributed by atoms with E-state index in [2.05, 4.69) is 31.2 Å². The Bertz CT molecular complexity index is 369. The van der Waals surface area contributed by atoms with Crippen LogP contribution in [0.2, 0.25) is 5.02 Å². The van der Waals surface area contributed by atoms with E-state index in [4.69, 9.17) is 11.6 Å². The second-order valence-electron chi connectivity index (χ2n) is 4.91. The first-order chi connectivity index (χ1) is 8.54. The minimum absolute atomic E-state index is 0.484. The predicted molar refractivity (Wildman–Crippen MR) is 78.2 cm³/mol. The van der Waals surface area contributed by atoms with Gasteiger partial charge in [-0.3, -0.25) is 4.68 Å². The Morgan fingerprint density at radius 2 is 1.89 bits per heavy atom. The Balaban J connectivity index is 2.88. The van der Waals surface area contributed by atoms with Gasteiger partial charge in [-0.1, -0.05) is 45.2 Å². The fraction of sp³-hybridized carbons (Fsp3) is 0.786. The maximum Gasteiger partial charge on any atom is 0.0847 e. The van der Waals surface area contributed by atoms with Gasteiger partial charge in [0.25, 0.3) is 0 Å². The fourth-order valence-corrected chi connectivity index (χ4v) is 2.87. The molecule has 1 aromatic heterocycles. The van der Waals surface area contributed by atoms with Gasteiger partial charge in [0, 0.05) is 19.5 Å². The molecule has 1 unspecified atom stereocenters. The zero-order chi connectivity index (χ0) is 13.7. The Morgan fingerprint density at radius 1 is 1.28 bits per heavy atom. The van der Waals surface area contributed by atoms with Crippen LogP contribution in [0.5, 0.6) is 0 Å². The molecule has 0 aliphatic rings. The van der Waals surface area contributed by atoms with Crippen molar-refractivity contribution in [2.45, 2.75) is 53.0 Å². The molecule has 0 saturated heterocycles. The molecule has 104 valence electrons. The van der Waals surface area contributed by atoms with Crippen LogP contribution in [0.15, 0.2) is 0 Å². The summed E-state index contributed by atoms with van der Waals surface area (Å²) in [6, 6.07) is 0.484. The van der Waals surface area contributed by atoms with Crippen molar-refractivity contribution in [2.24, 2.45) is 13.0 Å². The standard InChI is InChI=1S/C14H26ClN3/c1-6-11(7-2)12(16-8-3)9-13-14(15)10(4)17-18(13)5/h11-12,16H,6-9H2,1-5H3. The van der Waals surface area contributed by atoms with Gasteiger partial charge in [-0.05, 0) is 19.4 Å². The molecule has 0 aliphatic heterocycles. The van der Waals surface area contributed by atoms with Crippen LogP contribution in [0.25, 0.3) is 0 Å². The molecule has 3 nitrogen and oxygen atoms in total. The molecule has 0 aromatic carbocycles. The van der Waals surface area contributed by atoms with Crippen LogP contribution < -0.4 is 5.32 Å². The van der Waals surface area contributed by atoms with Crippen molar-refractivity contribution in [2.75, 3.05) is 6.54 Å². The molecule has 0 saturated carbocycles. The van der Waals surface area contributed by atoms with Gasteiger partial charge in [-0.25, -0.2) is 0 Å². The molecule has 0 amide bonds. The average Bonchev–Trinajstić information content (AvgIpc) is 2.57. The number of aromatic nitrogens is 2. The molecule has 0 radical (unpaired) electrons. The van der Waals surface area contributed by atoms with Gasteiger partial charge >= 0.3 is 0 Å². The summed E-state index contributed by atoms with van der Waals surface area (Å²) in [5.41, 5.74) is 2.07. The summed E-state index contributed by atoms with van der Waals surface area (Å²) in [6.07, 6.45) is 3.35. The van der Waals surface area contributed by atoms with Crippen molar-refractivity contribution in [3.05, 3.63) is 16.4 Å². The normalized spacial score (nSPS) is 13.3. The number of hydrogen-bond acceptors (Lipinski definition) is 2. The lowest BCUT2D eigenvalue weighted by molar-refractivity contribution is 0.332. The van der Waals surface area contributed by atoms with Crippen LogP contribution in [0.1, 0.15) is 45.0 Å². The predicted octanol–water partition coefficient (Wildman–Crippen LogP) is 3.34. The van der Waals surface area contributed by atoms with Gasteiger partial charge in [0.2, 0.25) is 0 Å². The maximum atomic E-state index is 6.34. The number of nitrogens with one attached hydrogen (secondary N) is 1. The molecule has 4 heteroatoms. The molecule has 18 heavy (non-hydrogen) atoms. The number of likely N-dealkylation sites (N-methyl/N-ethyl adjacent to an activating group) is 1. The summed E-state index contributed by atoms with van der Waals surface area (Å²) < 4.78 is 1.92. The lowest BCUT2D eigenvalue weighted by Gasteiger charge is -2.26. The molecule has 1 rings (SSSR count). The number of rotatable bonds is 7. The third-order valence-electron chi connectivity index (χ3n) is 3.76. The topological polar surface area (TPSA) is 29.9 Å². The number of aryl methyl sites for hydroxylation is 2. The maximum absolute atomic E-state index is 6.34. The summed E-state index contributed by atoms with van der Waals surface area (Å²) in [5.74, 6) is 0.691. The summed E-state index contributed by atoms with van der Waals surface area (Å²) >= 11 is 6.34. The summed E-state index contributed by atoms with van der Waals surface area (Å²) in [4.78, 5) is 0. The largest absolute Gasteiger partial charge is 0.314 e. The second-order valence-corrected chi connectivity index (χ2v) is 5.29. The van der Waals surface area contributed by atoms with Crippen molar-refractivity contribution < 1.29 is 0 Å². The third kappa shape index (κ3) is 3.48. The SMILES string of the molecule is CCNC(Cc1c(Cl)c(C)nn1C)C(CC)CC. The van der Waals surface area contributed by atoms with E-state index in [9.17, 15) is 0 Å². The zero-order valence-corrected chi connectivity index (χ0v) is 13.0. The number of hydrogen-bond donors (Lipinski definition) is 1. The van der Waals surface area contributed by atoms with Gasteiger partial charge in [0.05, 0.1) is 16.4 Å². The first-order valence-corrected chi connectivity index (χ1v) is 7.34. The first kappa shape index (κ1) is 15.5. The van der Waals surface area contributed by atoms with Crippen molar-refractivity contribution >= 4 is 11.6 Å². The molecule has 1 heterocycles. The van der Waals surface area contributed by atoms with Crippen molar-refractivity contribution in [1.82, 2.24) is 15.1 Å². The van der Waals surface area contributed by atoms with E-state index >= 15 is 0 Å². The van der Waals surface area contributed by atoms with Crippen molar-refractivity contribution in [1.29, 1.82) is 0 Å². The number of halogens is 1. The Kier molecular flexibility index (Phi) is 6.16. The minimum Gasteiger partial charge on any atom is -0.314 e. The number of nitrogens with zero attached hydrogens (tertiary/aromatic N) is 2. The summed E-state index contributed by atoms with van der Waals surface area (Å²) in [5, 5.41) is 8.81. The molecule has 0 spiro atoms. The van der Waals surface area contributed by atoms with Gasteiger partial charge in [-0.15, -0.1) is 0 Å². The highest BCUT2D eigenvalue weighted by Gasteiger charge is 2.21. The Labute approximate surface area is 116 Å². The van der Waals surface area contributed by atoms with E-state index < -0.39 is 0 Å². The van der Waals surface area contributed by atoms with Crippen LogP contribution in [0.3, 0.4) is 0 Å². The van der Waals surface area contributed by atoms with Crippen LogP contribution >= 0.6 is 11.6 Å². The molecule has 1 atom stereocenters. The monoisotopic (exact) mass is 271 g/mol. The van der Waals surface area contributed by atoms with Crippen LogP contribution in [-0.4, -0.2) is 22.4 Å². The molecule has 1 aromatic rings. The van der Waals surface area contributed by atoms with E-state index in [0.717, 1.165) is 29.4 Å². The van der Waals surface area contributed by atoms with E-state index in [0.29, 0.717) is 12.0 Å². The first-order valence-electron chi connectivity index (χ1n) is 6.96. The molecular weight excluding hydrogens is 246 g/mol. The van der Waals surface area contributed by atoms with Crippen LogP contribution in [-0.2, 0) is 13.5 Å². The van der Waals surface area contributed by atoms with E-state index in [1.165, 1.54) is 12.8 Å². The lowest BCUT2D eigenvalue weighted by Crippen LogP contribution is -2.38. The van der Waals surface area contributed by atoms with Crippen LogP contribution in [0.4, 0.5) is 0 Å². The van der Waals surface area contributed by atoms with E-state index in [1.807, 2.05) is 18.7 Å². The van der Waals surface area contributed by atoms with Gasteiger partial charge in [0.15, 0.2) is 0 Å². The Hall–Kier alpha value is -0.540. The van der Waals surface area contributed by atoms with Crippen molar-refractivity contribution in [3.63, 3.8) is 0 Å². The highest BCUT2D eigenvalue weighted by Crippen LogP contribution is 2.24. The summed E-state index contributed by atoms with van der Waals surface area (Å²) in [6.45, 7) is 9.63. The average molecular weight is 272 g/mol. The molecule has 0 bridgehead atoms. The fourth-order valence-electron chi connectivity index (χ4n) is 2.64. The van der Waals surface area contributed by atoms with Gasteiger partial charge in [0.1, 0.15) is 0 Å². The van der Waals surface area contributed by atoms with E-state index in [-0.39, 0.29) is 0 Å². The lowest BCUT2D eigenvalue weighted by atomic mass is 9.90.